The van der Waals surface area contributed by atoms with E-state index in [2.05, 4.69) is 87.8 Å². The molecule has 0 radical (unpaired) electrons. The Bertz CT molecular complexity index is 2880. The Morgan fingerprint density at radius 2 is 1.73 bits per heavy atom. The van der Waals surface area contributed by atoms with Gasteiger partial charge in [0.05, 0.1) is 30.9 Å². The van der Waals surface area contributed by atoms with Gasteiger partial charge < -0.3 is 33.6 Å². The monoisotopic (exact) mass is 946 g/mol. The van der Waals surface area contributed by atoms with Gasteiger partial charge in [-0.2, -0.15) is 9.97 Å². The van der Waals surface area contributed by atoms with Gasteiger partial charge in [0.25, 0.3) is 0 Å². The number of halogens is 1. The summed E-state index contributed by atoms with van der Waals surface area (Å²) in [6.45, 7) is 28.0. The number of rotatable bonds is 17. The summed E-state index contributed by atoms with van der Waals surface area (Å²) < 4.78 is 42.9. The molecule has 67 heavy (non-hydrogen) atoms. The predicted octanol–water partition coefficient (Wildman–Crippen LogP) is 10.9. The molecule has 2 N–H and O–H groups in total. The number of pyridine rings is 1. The number of ether oxygens (including phenoxy) is 3. The smallest absolute Gasteiger partial charge is 0.349 e. The summed E-state index contributed by atoms with van der Waals surface area (Å²) >= 11 is 0. The van der Waals surface area contributed by atoms with E-state index in [4.69, 9.17) is 28.6 Å². The van der Waals surface area contributed by atoms with Crippen LogP contribution in [-0.2, 0) is 22.7 Å². The Hall–Kier alpha value is -5.12. The van der Waals surface area contributed by atoms with E-state index in [1.807, 2.05) is 29.8 Å². The van der Waals surface area contributed by atoms with Crippen molar-refractivity contribution in [3.63, 3.8) is 0 Å². The number of hydrogen-bond acceptors (Lipinski definition) is 11. The number of phenolic OH excluding ortho intramolecular Hbond substituents is 1. The first-order chi connectivity index (χ1) is 31.9. The van der Waals surface area contributed by atoms with Crippen molar-refractivity contribution in [1.29, 1.82) is 0 Å². The molecule has 0 unspecified atom stereocenters. The molecule has 0 spiro atoms. The summed E-state index contributed by atoms with van der Waals surface area (Å²) in [4.78, 5) is 31.5. The number of anilines is 1. The fourth-order valence-electron chi connectivity index (χ4n) is 10.1. The van der Waals surface area contributed by atoms with Crippen LogP contribution in [0.4, 0.5) is 10.2 Å². The summed E-state index contributed by atoms with van der Waals surface area (Å²) in [5.74, 6) is 3.20. The molecule has 2 fully saturated rings. The molecule has 0 bridgehead atoms. The van der Waals surface area contributed by atoms with Crippen LogP contribution in [0.2, 0.25) is 42.3 Å². The molecule has 1 saturated heterocycles. The van der Waals surface area contributed by atoms with E-state index in [9.17, 15) is 9.90 Å². The standard InChI is InChI=1S/C52H67FN6O6Si2/c1-33(2)67(34(3)4,35(5)6)24-15-41-43(53)14-13-37-26-39(60)27-42(44(37)41)47-36(7)46-45(50(61)65-47)48(57-51(56-46)64-31-52(16-17-52)30-58-19-21-62-22-20-58)55-28-38-29-59(32-63-23-25-66(8,9)10)49-40(38)12-11-18-54-49/h11-14,18,26-27,29,33-35,60H,16-17,19-23,25,28,30-32H2,1-10H3,(H,55,56,57). The van der Waals surface area contributed by atoms with Gasteiger partial charge in [-0.25, -0.2) is 14.2 Å². The highest BCUT2D eigenvalue weighted by Gasteiger charge is 2.45. The van der Waals surface area contributed by atoms with E-state index >= 15 is 4.39 Å². The minimum atomic E-state index is -2.29. The highest BCUT2D eigenvalue weighted by atomic mass is 28.3. The number of nitrogens with one attached hydrogen (secondary N) is 1. The van der Waals surface area contributed by atoms with E-state index in [1.165, 1.54) is 12.1 Å². The first-order valence-electron chi connectivity index (χ1n) is 23.9. The Morgan fingerprint density at radius 1 is 1.00 bits per heavy atom. The van der Waals surface area contributed by atoms with Crippen LogP contribution in [0.25, 0.3) is 44.0 Å². The van der Waals surface area contributed by atoms with Crippen LogP contribution >= 0.6 is 0 Å². The van der Waals surface area contributed by atoms with Crippen molar-refractivity contribution in [2.24, 2.45) is 5.41 Å². The molecule has 1 saturated carbocycles. The van der Waals surface area contributed by atoms with Gasteiger partial charge in [0.2, 0.25) is 0 Å². The van der Waals surface area contributed by atoms with Gasteiger partial charge in [0.1, 0.15) is 49.0 Å². The average Bonchev–Trinajstić information content (AvgIpc) is 3.96. The van der Waals surface area contributed by atoms with Crippen LogP contribution < -0.4 is 15.7 Å². The highest BCUT2D eigenvalue weighted by Crippen LogP contribution is 2.47. The molecule has 15 heteroatoms. The Labute approximate surface area is 395 Å². The highest BCUT2D eigenvalue weighted by molar-refractivity contribution is 6.90. The zero-order valence-electron chi connectivity index (χ0n) is 40.9. The second-order valence-electron chi connectivity index (χ2n) is 21.0. The molecule has 2 aromatic carbocycles. The van der Waals surface area contributed by atoms with E-state index in [0.29, 0.717) is 70.5 Å². The molecule has 1 aliphatic heterocycles. The Kier molecular flexibility index (Phi) is 14.1. The van der Waals surface area contributed by atoms with Crippen LogP contribution in [0.3, 0.4) is 0 Å². The molecule has 356 valence electrons. The van der Waals surface area contributed by atoms with Crippen molar-refractivity contribution in [2.45, 2.75) is 117 Å². The number of aromatic nitrogens is 4. The van der Waals surface area contributed by atoms with Crippen molar-refractivity contribution >= 4 is 54.7 Å². The minimum Gasteiger partial charge on any atom is -0.508 e. The van der Waals surface area contributed by atoms with Crippen LogP contribution in [0.15, 0.2) is 58.0 Å². The number of aromatic hydroxyl groups is 1. The molecule has 2 aliphatic rings. The van der Waals surface area contributed by atoms with Gasteiger partial charge >= 0.3 is 11.6 Å². The number of phenols is 1. The second kappa shape index (κ2) is 19.5. The Balaban J connectivity index is 1.23. The largest absolute Gasteiger partial charge is 0.508 e. The summed E-state index contributed by atoms with van der Waals surface area (Å²) in [7, 11) is -3.56. The van der Waals surface area contributed by atoms with Gasteiger partial charge in [-0.1, -0.05) is 73.2 Å². The molecule has 12 nitrogen and oxygen atoms in total. The van der Waals surface area contributed by atoms with Crippen molar-refractivity contribution in [1.82, 2.24) is 24.4 Å². The van der Waals surface area contributed by atoms with Gasteiger partial charge in [-0.15, -0.1) is 5.54 Å². The number of fused-ring (bicyclic) bond motifs is 3. The fraction of sp³-hybridized carbons (Fsp3) is 0.500. The van der Waals surface area contributed by atoms with E-state index in [1.54, 1.807) is 18.3 Å². The molecule has 0 amide bonds. The maximum atomic E-state index is 16.3. The lowest BCUT2D eigenvalue weighted by atomic mass is 9.95. The number of hydrogen-bond donors (Lipinski definition) is 2. The molecule has 5 heterocycles. The maximum absolute atomic E-state index is 16.3. The van der Waals surface area contributed by atoms with Crippen molar-refractivity contribution in [3.05, 3.63) is 81.7 Å². The Morgan fingerprint density at radius 3 is 2.42 bits per heavy atom. The van der Waals surface area contributed by atoms with Crippen LogP contribution in [0, 0.1) is 29.6 Å². The number of nitrogens with zero attached hydrogens (tertiary/aromatic N) is 5. The van der Waals surface area contributed by atoms with E-state index in [0.717, 1.165) is 68.3 Å². The maximum Gasteiger partial charge on any atom is 0.349 e. The first kappa shape index (κ1) is 48.3. The summed E-state index contributed by atoms with van der Waals surface area (Å²) in [6.07, 6.45) is 5.85. The van der Waals surface area contributed by atoms with Crippen LogP contribution in [0.1, 0.15) is 71.1 Å². The number of benzene rings is 2. The predicted molar refractivity (Wildman–Crippen MR) is 271 cm³/mol. The molecule has 6 aromatic rings. The van der Waals surface area contributed by atoms with E-state index in [-0.39, 0.29) is 39.7 Å². The lowest BCUT2D eigenvalue weighted by Gasteiger charge is -2.38. The second-order valence-corrected chi connectivity index (χ2v) is 32.2. The molecular weight excluding hydrogens is 880 g/mol. The lowest BCUT2D eigenvalue weighted by Crippen LogP contribution is -2.43. The quantitative estimate of drug-likeness (QED) is 0.0514. The van der Waals surface area contributed by atoms with Gasteiger partial charge in [-0.05, 0) is 83.7 Å². The van der Waals surface area contributed by atoms with E-state index < -0.39 is 27.6 Å². The lowest BCUT2D eigenvalue weighted by molar-refractivity contribution is 0.0231. The molecule has 0 atom stereocenters. The third kappa shape index (κ3) is 10.2. The zero-order chi connectivity index (χ0) is 47.8. The SMILES string of the molecule is Cc1c(-c2cc(O)cc3ccc(F)c(C#C[Si](C(C)C)(C(C)C)C(C)C)c23)oc(=O)c2c(NCc3cn(COCC[Si](C)(C)C)c4ncccc34)nc(OCC3(CN4CCOCC4)CC3)nc12. The van der Waals surface area contributed by atoms with Crippen LogP contribution in [-0.4, -0.2) is 91.7 Å². The van der Waals surface area contributed by atoms with Crippen molar-refractivity contribution in [3.8, 4) is 34.5 Å². The van der Waals surface area contributed by atoms with Gasteiger partial charge in [0, 0.05) is 80.6 Å². The molecule has 4 aromatic heterocycles. The third-order valence-electron chi connectivity index (χ3n) is 14.1. The summed E-state index contributed by atoms with van der Waals surface area (Å²) in [5.41, 5.74) is 7.03. The summed E-state index contributed by atoms with van der Waals surface area (Å²) in [6, 6.07) is 11.2. The van der Waals surface area contributed by atoms with Crippen molar-refractivity contribution in [2.75, 3.05) is 51.4 Å². The molecular formula is C52H67FN6O6Si2. The number of morpholine rings is 1. The fourth-order valence-corrected chi connectivity index (χ4v) is 16.1. The van der Waals surface area contributed by atoms with Crippen LogP contribution in [0.5, 0.6) is 11.8 Å². The topological polar surface area (TPSA) is 137 Å². The van der Waals surface area contributed by atoms with Gasteiger partial charge in [0.15, 0.2) is 0 Å². The zero-order valence-corrected chi connectivity index (χ0v) is 42.9. The third-order valence-corrected chi connectivity index (χ3v) is 22.1. The molecule has 8 rings (SSSR count). The molecule has 1 aliphatic carbocycles. The minimum absolute atomic E-state index is 0.0335. The average molecular weight is 947 g/mol. The number of aryl methyl sites for hydroxylation is 1. The van der Waals surface area contributed by atoms with Crippen molar-refractivity contribution < 1.29 is 28.1 Å². The van der Waals surface area contributed by atoms with Gasteiger partial charge in [-0.3, -0.25) is 4.90 Å². The summed E-state index contributed by atoms with van der Waals surface area (Å²) in [5, 5.41) is 16.7. The normalized spacial score (nSPS) is 15.6. The first-order valence-corrected chi connectivity index (χ1v) is 29.8.